The lowest BCUT2D eigenvalue weighted by Gasteiger charge is -2.31. The van der Waals surface area contributed by atoms with Gasteiger partial charge in [0.1, 0.15) is 5.82 Å². The van der Waals surface area contributed by atoms with Gasteiger partial charge in [0, 0.05) is 32.0 Å². The Morgan fingerprint density at radius 3 is 2.52 bits per heavy atom. The molecule has 2 aromatic carbocycles. The van der Waals surface area contributed by atoms with Gasteiger partial charge in [-0.05, 0) is 42.0 Å². The first kappa shape index (κ1) is 18.2. The van der Waals surface area contributed by atoms with Crippen LogP contribution in [-0.2, 0) is 18.4 Å². The van der Waals surface area contributed by atoms with Crippen molar-refractivity contribution in [2.24, 2.45) is 13.0 Å². The second-order valence-electron chi connectivity index (χ2n) is 8.37. The van der Waals surface area contributed by atoms with E-state index in [1.165, 1.54) is 5.39 Å². The summed E-state index contributed by atoms with van der Waals surface area (Å²) >= 11 is 0. The van der Waals surface area contributed by atoms with Crippen LogP contribution >= 0.6 is 0 Å². The van der Waals surface area contributed by atoms with E-state index in [0.717, 1.165) is 55.5 Å². The average Bonchev–Trinajstić information content (AvgIpc) is 3.57. The van der Waals surface area contributed by atoms with Crippen LogP contribution in [0.25, 0.3) is 10.8 Å². The zero-order valence-electron chi connectivity index (χ0n) is 16.8. The van der Waals surface area contributed by atoms with Crippen molar-refractivity contribution in [1.82, 2.24) is 19.2 Å². The standard InChI is InChI=1S/C23H26N4O2/c1-25-21(17-11-13-26(14-12-17)22(28)18-9-10-18)24-27(23(25)29)15-19-7-4-6-16-5-2-3-8-20(16)19/h2-8,17-18H,9-15H2,1H3. The van der Waals surface area contributed by atoms with E-state index in [0.29, 0.717) is 12.5 Å². The fourth-order valence-electron chi connectivity index (χ4n) is 4.50. The molecule has 1 aliphatic heterocycles. The average molecular weight is 390 g/mol. The minimum atomic E-state index is -0.0792. The van der Waals surface area contributed by atoms with Crippen LogP contribution in [0.5, 0.6) is 0 Å². The minimum absolute atomic E-state index is 0.0792. The molecule has 1 aliphatic carbocycles. The molecule has 1 saturated carbocycles. The molecule has 2 fully saturated rings. The van der Waals surface area contributed by atoms with Gasteiger partial charge < -0.3 is 4.90 Å². The highest BCUT2D eigenvalue weighted by Crippen LogP contribution is 2.34. The highest BCUT2D eigenvalue weighted by molar-refractivity contribution is 5.85. The largest absolute Gasteiger partial charge is 0.345 e. The van der Waals surface area contributed by atoms with Gasteiger partial charge in [-0.1, -0.05) is 42.5 Å². The lowest BCUT2D eigenvalue weighted by Crippen LogP contribution is -2.39. The summed E-state index contributed by atoms with van der Waals surface area (Å²) in [5.41, 5.74) is 1.02. The summed E-state index contributed by atoms with van der Waals surface area (Å²) in [6.07, 6.45) is 3.84. The third kappa shape index (κ3) is 3.37. The normalized spacial score (nSPS) is 17.8. The van der Waals surface area contributed by atoms with Gasteiger partial charge in [0.05, 0.1) is 6.54 Å². The molecule has 3 aromatic rings. The van der Waals surface area contributed by atoms with E-state index in [2.05, 4.69) is 24.3 Å². The molecule has 1 amide bonds. The fraction of sp³-hybridized carbons (Fsp3) is 0.435. The van der Waals surface area contributed by atoms with Gasteiger partial charge in [-0.2, -0.15) is 5.10 Å². The predicted octanol–water partition coefficient (Wildman–Crippen LogP) is 2.90. The molecule has 0 atom stereocenters. The number of nitrogens with zero attached hydrogens (tertiary/aromatic N) is 4. The van der Waals surface area contributed by atoms with Gasteiger partial charge in [-0.15, -0.1) is 0 Å². The maximum Gasteiger partial charge on any atom is 0.345 e. The molecule has 1 saturated heterocycles. The Bertz CT molecular complexity index is 1110. The monoisotopic (exact) mass is 390 g/mol. The number of carbonyl (C=O) groups is 1. The van der Waals surface area contributed by atoms with Crippen molar-refractivity contribution in [3.8, 4) is 0 Å². The maximum absolute atomic E-state index is 12.8. The topological polar surface area (TPSA) is 60.1 Å². The SMILES string of the molecule is Cn1c(C2CCN(C(=O)C3CC3)CC2)nn(Cc2cccc3ccccc23)c1=O. The van der Waals surface area contributed by atoms with Crippen LogP contribution in [0.3, 0.4) is 0 Å². The molecule has 2 heterocycles. The lowest BCUT2D eigenvalue weighted by atomic mass is 9.95. The van der Waals surface area contributed by atoms with Gasteiger partial charge in [0.2, 0.25) is 5.91 Å². The molecular formula is C23H26N4O2. The first-order chi connectivity index (χ1) is 14.1. The number of hydrogen-bond acceptors (Lipinski definition) is 3. The molecule has 5 rings (SSSR count). The molecule has 2 aliphatic rings. The second kappa shape index (κ2) is 7.17. The zero-order chi connectivity index (χ0) is 20.0. The predicted molar refractivity (Wildman–Crippen MR) is 112 cm³/mol. The number of aromatic nitrogens is 3. The summed E-state index contributed by atoms with van der Waals surface area (Å²) in [7, 11) is 1.81. The molecule has 6 nitrogen and oxygen atoms in total. The van der Waals surface area contributed by atoms with E-state index in [4.69, 9.17) is 5.10 Å². The van der Waals surface area contributed by atoms with Crippen molar-refractivity contribution in [3.05, 3.63) is 64.3 Å². The molecule has 0 radical (unpaired) electrons. The molecule has 29 heavy (non-hydrogen) atoms. The van der Waals surface area contributed by atoms with Crippen molar-refractivity contribution in [3.63, 3.8) is 0 Å². The second-order valence-corrected chi connectivity index (χ2v) is 8.37. The van der Waals surface area contributed by atoms with Gasteiger partial charge in [0.25, 0.3) is 0 Å². The number of amides is 1. The van der Waals surface area contributed by atoms with Crippen LogP contribution in [0.4, 0.5) is 0 Å². The van der Waals surface area contributed by atoms with Crippen molar-refractivity contribution in [2.75, 3.05) is 13.1 Å². The van der Waals surface area contributed by atoms with Crippen molar-refractivity contribution in [1.29, 1.82) is 0 Å². The summed E-state index contributed by atoms with van der Waals surface area (Å²) in [4.78, 5) is 27.1. The van der Waals surface area contributed by atoms with Crippen LogP contribution < -0.4 is 5.69 Å². The number of benzene rings is 2. The van der Waals surface area contributed by atoms with E-state index in [1.54, 1.807) is 9.25 Å². The van der Waals surface area contributed by atoms with Crippen LogP contribution in [0.2, 0.25) is 0 Å². The molecule has 1 aromatic heterocycles. The molecule has 150 valence electrons. The van der Waals surface area contributed by atoms with E-state index in [9.17, 15) is 9.59 Å². The third-order valence-corrected chi connectivity index (χ3v) is 6.37. The summed E-state index contributed by atoms with van der Waals surface area (Å²) in [5, 5.41) is 7.04. The van der Waals surface area contributed by atoms with Gasteiger partial charge in [-0.3, -0.25) is 9.36 Å². The molecule has 0 N–H and O–H groups in total. The number of hydrogen-bond donors (Lipinski definition) is 0. The van der Waals surface area contributed by atoms with Gasteiger partial charge in [-0.25, -0.2) is 9.48 Å². The quantitative estimate of drug-likeness (QED) is 0.688. The lowest BCUT2D eigenvalue weighted by molar-refractivity contribution is -0.133. The highest BCUT2D eigenvalue weighted by atomic mass is 16.2. The van der Waals surface area contributed by atoms with Crippen molar-refractivity contribution in [2.45, 2.75) is 38.1 Å². The summed E-state index contributed by atoms with van der Waals surface area (Å²) in [5.74, 6) is 1.66. The Hall–Kier alpha value is -2.89. The van der Waals surface area contributed by atoms with Crippen LogP contribution in [0.1, 0.15) is 43.0 Å². The summed E-state index contributed by atoms with van der Waals surface area (Å²) in [6, 6.07) is 14.4. The summed E-state index contributed by atoms with van der Waals surface area (Å²) < 4.78 is 3.27. The summed E-state index contributed by atoms with van der Waals surface area (Å²) in [6.45, 7) is 2.00. The third-order valence-electron chi connectivity index (χ3n) is 6.37. The first-order valence-electron chi connectivity index (χ1n) is 10.5. The first-order valence-corrected chi connectivity index (χ1v) is 10.5. The van der Waals surface area contributed by atoms with E-state index in [1.807, 2.05) is 30.1 Å². The van der Waals surface area contributed by atoms with Crippen molar-refractivity contribution >= 4 is 16.7 Å². The van der Waals surface area contributed by atoms with E-state index < -0.39 is 0 Å². The Morgan fingerprint density at radius 2 is 1.76 bits per heavy atom. The molecule has 0 bridgehead atoms. The van der Waals surface area contributed by atoms with Crippen LogP contribution in [0, 0.1) is 5.92 Å². The van der Waals surface area contributed by atoms with Crippen LogP contribution in [-0.4, -0.2) is 38.2 Å². The smallest absolute Gasteiger partial charge is 0.342 e. The zero-order valence-corrected chi connectivity index (χ0v) is 16.8. The number of rotatable bonds is 4. The molecular weight excluding hydrogens is 364 g/mol. The molecule has 0 unspecified atom stereocenters. The highest BCUT2D eigenvalue weighted by Gasteiger charge is 2.35. The fourth-order valence-corrected chi connectivity index (χ4v) is 4.50. The van der Waals surface area contributed by atoms with Crippen molar-refractivity contribution < 1.29 is 4.79 Å². The Balaban J connectivity index is 1.36. The Morgan fingerprint density at radius 1 is 1.03 bits per heavy atom. The van der Waals surface area contributed by atoms with Gasteiger partial charge in [0.15, 0.2) is 0 Å². The minimum Gasteiger partial charge on any atom is -0.342 e. The Kier molecular flexibility index (Phi) is 4.49. The number of likely N-dealkylation sites (tertiary alicyclic amines) is 1. The maximum atomic E-state index is 12.8. The number of carbonyl (C=O) groups excluding carboxylic acids is 1. The number of fused-ring (bicyclic) bond motifs is 1. The molecule has 6 heteroatoms. The Labute approximate surface area is 169 Å². The van der Waals surface area contributed by atoms with Crippen LogP contribution in [0.15, 0.2) is 47.3 Å². The number of piperidine rings is 1. The molecule has 0 spiro atoms. The van der Waals surface area contributed by atoms with Gasteiger partial charge >= 0.3 is 5.69 Å². The van der Waals surface area contributed by atoms with E-state index >= 15 is 0 Å². The van der Waals surface area contributed by atoms with E-state index in [-0.39, 0.29) is 17.5 Å².